The third-order valence-corrected chi connectivity index (χ3v) is 4.65. The van der Waals surface area contributed by atoms with Crippen molar-refractivity contribution in [3.63, 3.8) is 0 Å². The number of hydrogen-bond acceptors (Lipinski definition) is 4. The lowest BCUT2D eigenvalue weighted by atomic mass is 10.2. The maximum atomic E-state index is 13.1. The van der Waals surface area contributed by atoms with E-state index in [1.165, 1.54) is 18.2 Å². The van der Waals surface area contributed by atoms with E-state index in [4.69, 9.17) is 11.6 Å². The standard InChI is InChI=1S/C18H26ClFN4O2/c1-12(2)21-17(25)11-23-6-8-24(9-7-23)13(3)18(26)22-16-5-4-14(20)10-15(16)19/h4-5,10,12-13H,6-9,11H2,1-3H3,(H,21,25)(H,22,26)/t13-/m1/s1. The van der Waals surface area contributed by atoms with E-state index >= 15 is 0 Å². The highest BCUT2D eigenvalue weighted by atomic mass is 35.5. The van der Waals surface area contributed by atoms with Crippen molar-refractivity contribution in [1.82, 2.24) is 15.1 Å². The SMILES string of the molecule is CC(C)NC(=O)CN1CCN([C@H](C)C(=O)Nc2ccc(F)cc2Cl)CC1. The fourth-order valence-corrected chi connectivity index (χ4v) is 3.09. The molecule has 0 aromatic heterocycles. The molecule has 1 saturated heterocycles. The molecular formula is C18H26ClFN4O2. The molecule has 1 aromatic carbocycles. The Hall–Kier alpha value is -1.70. The zero-order chi connectivity index (χ0) is 19.3. The van der Waals surface area contributed by atoms with Gasteiger partial charge in [0, 0.05) is 32.2 Å². The lowest BCUT2D eigenvalue weighted by Gasteiger charge is -2.37. The zero-order valence-corrected chi connectivity index (χ0v) is 16.1. The van der Waals surface area contributed by atoms with Gasteiger partial charge in [0.2, 0.25) is 11.8 Å². The highest BCUT2D eigenvalue weighted by Crippen LogP contribution is 2.23. The summed E-state index contributed by atoms with van der Waals surface area (Å²) in [5.74, 6) is -0.617. The Kier molecular flexibility index (Phi) is 7.37. The van der Waals surface area contributed by atoms with Crippen LogP contribution in [0.1, 0.15) is 20.8 Å². The summed E-state index contributed by atoms with van der Waals surface area (Å²) in [7, 11) is 0. The van der Waals surface area contributed by atoms with Crippen LogP contribution >= 0.6 is 11.6 Å². The van der Waals surface area contributed by atoms with Crippen LogP contribution < -0.4 is 10.6 Å². The number of benzene rings is 1. The Bertz CT molecular complexity index is 648. The van der Waals surface area contributed by atoms with Crippen LogP contribution in [0, 0.1) is 5.82 Å². The minimum absolute atomic E-state index is 0.0187. The first-order chi connectivity index (χ1) is 12.3. The largest absolute Gasteiger partial charge is 0.353 e. The molecular weight excluding hydrogens is 359 g/mol. The molecule has 1 fully saturated rings. The van der Waals surface area contributed by atoms with E-state index in [1.807, 2.05) is 20.8 Å². The number of piperazine rings is 1. The first kappa shape index (κ1) is 20.6. The van der Waals surface area contributed by atoms with Crippen LogP contribution in [0.15, 0.2) is 18.2 Å². The average Bonchev–Trinajstić information content (AvgIpc) is 2.56. The summed E-state index contributed by atoms with van der Waals surface area (Å²) in [6.45, 7) is 8.90. The molecule has 2 amide bonds. The van der Waals surface area contributed by atoms with Gasteiger partial charge in [0.05, 0.1) is 23.3 Å². The molecule has 1 aromatic rings. The number of carbonyl (C=O) groups is 2. The first-order valence-corrected chi connectivity index (χ1v) is 9.15. The number of amides is 2. The molecule has 0 bridgehead atoms. The molecule has 144 valence electrons. The van der Waals surface area contributed by atoms with Crippen molar-refractivity contribution >= 4 is 29.1 Å². The summed E-state index contributed by atoms with van der Waals surface area (Å²) in [4.78, 5) is 28.4. The quantitative estimate of drug-likeness (QED) is 0.786. The lowest BCUT2D eigenvalue weighted by molar-refractivity contribution is -0.125. The maximum Gasteiger partial charge on any atom is 0.241 e. The molecule has 0 radical (unpaired) electrons. The molecule has 1 atom stereocenters. The summed E-state index contributed by atoms with van der Waals surface area (Å²) >= 11 is 5.95. The van der Waals surface area contributed by atoms with Crippen molar-refractivity contribution in [3.8, 4) is 0 Å². The van der Waals surface area contributed by atoms with Crippen molar-refractivity contribution < 1.29 is 14.0 Å². The highest BCUT2D eigenvalue weighted by molar-refractivity contribution is 6.33. The van der Waals surface area contributed by atoms with Gasteiger partial charge in [-0.05, 0) is 39.0 Å². The number of nitrogens with zero attached hydrogens (tertiary/aromatic N) is 2. The monoisotopic (exact) mass is 384 g/mol. The third-order valence-electron chi connectivity index (χ3n) is 4.34. The van der Waals surface area contributed by atoms with Gasteiger partial charge in [0.15, 0.2) is 0 Å². The average molecular weight is 385 g/mol. The molecule has 2 rings (SSSR count). The number of hydrogen-bond donors (Lipinski definition) is 2. The van der Waals surface area contributed by atoms with Crippen LogP contribution in [0.4, 0.5) is 10.1 Å². The van der Waals surface area contributed by atoms with Gasteiger partial charge in [-0.25, -0.2) is 4.39 Å². The summed E-state index contributed by atoms with van der Waals surface area (Å²) in [6, 6.07) is 3.66. The second kappa shape index (κ2) is 9.30. The molecule has 0 spiro atoms. The second-order valence-electron chi connectivity index (χ2n) is 6.82. The molecule has 0 unspecified atom stereocenters. The lowest BCUT2D eigenvalue weighted by Crippen LogP contribution is -2.54. The molecule has 26 heavy (non-hydrogen) atoms. The predicted molar refractivity (Wildman–Crippen MR) is 101 cm³/mol. The van der Waals surface area contributed by atoms with Gasteiger partial charge in [-0.3, -0.25) is 19.4 Å². The normalized spacial score (nSPS) is 17.2. The zero-order valence-electron chi connectivity index (χ0n) is 15.4. The van der Waals surface area contributed by atoms with E-state index in [0.717, 1.165) is 13.1 Å². The van der Waals surface area contributed by atoms with Crippen molar-refractivity contribution in [1.29, 1.82) is 0 Å². The Morgan fingerprint density at radius 3 is 2.42 bits per heavy atom. The molecule has 6 nitrogen and oxygen atoms in total. The predicted octanol–water partition coefficient (Wildman–Crippen LogP) is 1.95. The van der Waals surface area contributed by atoms with Gasteiger partial charge in [-0.1, -0.05) is 11.6 Å². The first-order valence-electron chi connectivity index (χ1n) is 8.78. The second-order valence-corrected chi connectivity index (χ2v) is 7.23. The van der Waals surface area contributed by atoms with Crippen LogP contribution in [-0.4, -0.2) is 66.4 Å². The van der Waals surface area contributed by atoms with Crippen LogP contribution in [0.3, 0.4) is 0 Å². The van der Waals surface area contributed by atoms with Crippen molar-refractivity contribution in [2.75, 3.05) is 38.0 Å². The van der Waals surface area contributed by atoms with Gasteiger partial charge < -0.3 is 10.6 Å². The minimum Gasteiger partial charge on any atom is -0.353 e. The van der Waals surface area contributed by atoms with Gasteiger partial charge in [0.1, 0.15) is 5.82 Å². The number of nitrogens with one attached hydrogen (secondary N) is 2. The minimum atomic E-state index is -0.446. The van der Waals surface area contributed by atoms with Crippen LogP contribution in [0.2, 0.25) is 5.02 Å². The summed E-state index contributed by atoms with van der Waals surface area (Å²) < 4.78 is 13.1. The fraction of sp³-hybridized carbons (Fsp3) is 0.556. The number of carbonyl (C=O) groups excluding carboxylic acids is 2. The summed E-state index contributed by atoms with van der Waals surface area (Å²) in [5, 5.41) is 5.80. The van der Waals surface area contributed by atoms with E-state index in [1.54, 1.807) is 0 Å². The molecule has 8 heteroatoms. The van der Waals surface area contributed by atoms with E-state index in [-0.39, 0.29) is 28.9 Å². The van der Waals surface area contributed by atoms with E-state index in [9.17, 15) is 14.0 Å². The van der Waals surface area contributed by atoms with Crippen LogP contribution in [0.25, 0.3) is 0 Å². The Balaban J connectivity index is 1.82. The van der Waals surface area contributed by atoms with Crippen molar-refractivity contribution in [2.24, 2.45) is 0 Å². The Morgan fingerprint density at radius 2 is 1.85 bits per heavy atom. The number of halogens is 2. The van der Waals surface area contributed by atoms with E-state index < -0.39 is 5.82 Å². The Morgan fingerprint density at radius 1 is 1.19 bits per heavy atom. The Labute approximate surface area is 158 Å². The van der Waals surface area contributed by atoms with Gasteiger partial charge >= 0.3 is 0 Å². The molecule has 2 N–H and O–H groups in total. The van der Waals surface area contributed by atoms with Crippen molar-refractivity contribution in [3.05, 3.63) is 29.0 Å². The number of anilines is 1. The summed E-state index contributed by atoms with van der Waals surface area (Å²) in [5.41, 5.74) is 0.397. The van der Waals surface area contributed by atoms with Gasteiger partial charge in [-0.15, -0.1) is 0 Å². The fourth-order valence-electron chi connectivity index (χ4n) is 2.87. The molecule has 1 heterocycles. The van der Waals surface area contributed by atoms with Crippen molar-refractivity contribution in [2.45, 2.75) is 32.9 Å². The maximum absolute atomic E-state index is 13.1. The molecule has 0 aliphatic carbocycles. The third kappa shape index (κ3) is 5.93. The molecule has 1 aliphatic heterocycles. The van der Waals surface area contributed by atoms with E-state index in [0.29, 0.717) is 25.3 Å². The summed E-state index contributed by atoms with van der Waals surface area (Å²) in [6.07, 6.45) is 0. The topological polar surface area (TPSA) is 64.7 Å². The van der Waals surface area contributed by atoms with Gasteiger partial charge in [-0.2, -0.15) is 0 Å². The highest BCUT2D eigenvalue weighted by Gasteiger charge is 2.26. The van der Waals surface area contributed by atoms with E-state index in [2.05, 4.69) is 20.4 Å². The smallest absolute Gasteiger partial charge is 0.241 e. The van der Waals surface area contributed by atoms with Crippen LogP contribution in [-0.2, 0) is 9.59 Å². The van der Waals surface area contributed by atoms with Gasteiger partial charge in [0.25, 0.3) is 0 Å². The van der Waals surface area contributed by atoms with Crippen LogP contribution in [0.5, 0.6) is 0 Å². The molecule has 1 aliphatic rings. The molecule has 0 saturated carbocycles. The number of rotatable bonds is 6.